The predicted octanol–water partition coefficient (Wildman–Crippen LogP) is 15.1. The van der Waals surface area contributed by atoms with Crippen molar-refractivity contribution in [1.29, 1.82) is 0 Å². The van der Waals surface area contributed by atoms with E-state index in [1.807, 2.05) is 24.3 Å². The van der Waals surface area contributed by atoms with Gasteiger partial charge in [0.15, 0.2) is 23.0 Å². The first-order valence-corrected chi connectivity index (χ1v) is 21.4. The van der Waals surface area contributed by atoms with Crippen LogP contribution in [0.2, 0.25) is 0 Å². The highest BCUT2D eigenvalue weighted by Gasteiger charge is 2.48. The third kappa shape index (κ3) is 5.20. The Kier molecular flexibility index (Phi) is 7.75. The van der Waals surface area contributed by atoms with E-state index in [0.29, 0.717) is 17.2 Å². The maximum Gasteiger partial charge on any atom is 0.178 e. The molecule has 1 unspecified atom stereocenters. The highest BCUT2D eigenvalue weighted by Crippen LogP contribution is 2.62. The molecule has 1 atom stereocenters. The van der Waals surface area contributed by atoms with E-state index >= 15 is 0 Å². The topological polar surface area (TPSA) is 39.5 Å². The van der Waals surface area contributed by atoms with Crippen molar-refractivity contribution < 1.29 is 9.47 Å². The summed E-state index contributed by atoms with van der Waals surface area (Å²) in [5.74, 6) is 3.71. The molecule has 13 rings (SSSR count). The van der Waals surface area contributed by atoms with E-state index in [1.165, 1.54) is 16.5 Å². The Morgan fingerprint density at radius 2 is 1.14 bits per heavy atom. The summed E-state index contributed by atoms with van der Waals surface area (Å²) in [5.41, 5.74) is 12.6. The lowest BCUT2D eigenvalue weighted by atomic mass is 9.67. The summed E-state index contributed by atoms with van der Waals surface area (Å²) in [6.07, 6.45) is 0. The lowest BCUT2D eigenvalue weighted by Gasteiger charge is -2.35. The molecule has 0 N–H and O–H groups in total. The van der Waals surface area contributed by atoms with Gasteiger partial charge in [-0.1, -0.05) is 146 Å². The van der Waals surface area contributed by atoms with Crippen molar-refractivity contribution in [2.75, 3.05) is 4.90 Å². The zero-order valence-corrected chi connectivity index (χ0v) is 34.0. The van der Waals surface area contributed by atoms with Crippen LogP contribution in [0.5, 0.6) is 23.0 Å². The summed E-state index contributed by atoms with van der Waals surface area (Å²) in [4.78, 5) is 7.68. The molecule has 3 heterocycles. The number of rotatable bonds is 6. The van der Waals surface area contributed by atoms with E-state index in [0.717, 1.165) is 78.2 Å². The molecule has 2 aliphatic rings. The number of ether oxygens (including phenoxy) is 2. The zero-order valence-electron chi connectivity index (χ0n) is 34.0. The van der Waals surface area contributed by atoms with Crippen molar-refractivity contribution in [2.45, 2.75) is 5.41 Å². The van der Waals surface area contributed by atoms with Crippen molar-refractivity contribution in [3.8, 4) is 39.8 Å². The van der Waals surface area contributed by atoms with Gasteiger partial charge in [0.2, 0.25) is 0 Å². The molecule has 0 saturated carbocycles. The van der Waals surface area contributed by atoms with E-state index in [4.69, 9.17) is 14.5 Å². The van der Waals surface area contributed by atoms with Crippen molar-refractivity contribution in [1.82, 2.24) is 9.55 Å². The van der Waals surface area contributed by atoms with Gasteiger partial charge in [0.05, 0.1) is 27.7 Å². The number of pyridine rings is 1. The molecular weight excluding hydrogens is 771 g/mol. The fraction of sp³-hybridized carbons (Fsp3) is 0.0172. The first kappa shape index (κ1) is 35.4. The van der Waals surface area contributed by atoms with Gasteiger partial charge in [-0.05, 0) is 107 Å². The van der Waals surface area contributed by atoms with Crippen LogP contribution in [0.15, 0.2) is 224 Å². The SMILES string of the molecule is c1ccc(-n2c3ccccc3c3c(N(c4ccc(C5(c6ccccc6)c6ccccc6-c6c5ccc5c6Oc6ccccc6O5)cc4)c4ccc5ccccc5n4)cccc32)cc1. The van der Waals surface area contributed by atoms with Gasteiger partial charge in [-0.2, -0.15) is 0 Å². The maximum atomic E-state index is 6.78. The molecule has 9 aromatic carbocycles. The summed E-state index contributed by atoms with van der Waals surface area (Å²) in [6.45, 7) is 0. The molecule has 5 heteroatoms. The highest BCUT2D eigenvalue weighted by molar-refractivity contribution is 6.16. The molecule has 0 amide bonds. The summed E-state index contributed by atoms with van der Waals surface area (Å²) in [7, 11) is 0. The largest absolute Gasteiger partial charge is 0.449 e. The third-order valence-corrected chi connectivity index (χ3v) is 12.9. The monoisotopic (exact) mass is 807 g/mol. The Labute approximate surface area is 364 Å². The van der Waals surface area contributed by atoms with Gasteiger partial charge in [-0.25, -0.2) is 4.98 Å². The van der Waals surface area contributed by atoms with Gasteiger partial charge in [-0.15, -0.1) is 0 Å². The second-order valence-corrected chi connectivity index (χ2v) is 16.2. The van der Waals surface area contributed by atoms with Gasteiger partial charge in [0, 0.05) is 33.1 Å². The summed E-state index contributed by atoms with van der Waals surface area (Å²) >= 11 is 0. The smallest absolute Gasteiger partial charge is 0.178 e. The van der Waals surface area contributed by atoms with Crippen LogP contribution in [-0.4, -0.2) is 9.55 Å². The van der Waals surface area contributed by atoms with Crippen LogP contribution in [0.4, 0.5) is 17.2 Å². The Bertz CT molecular complexity index is 3580. The fourth-order valence-electron chi connectivity index (χ4n) is 10.3. The number of aromatic nitrogens is 2. The molecule has 63 heavy (non-hydrogen) atoms. The molecule has 0 bridgehead atoms. The van der Waals surface area contributed by atoms with Crippen LogP contribution in [0.1, 0.15) is 22.3 Å². The van der Waals surface area contributed by atoms with Gasteiger partial charge in [0.1, 0.15) is 5.82 Å². The van der Waals surface area contributed by atoms with Crippen molar-refractivity contribution in [3.05, 3.63) is 247 Å². The number of anilines is 3. The molecule has 5 nitrogen and oxygen atoms in total. The van der Waals surface area contributed by atoms with Gasteiger partial charge >= 0.3 is 0 Å². The molecule has 0 saturated heterocycles. The van der Waals surface area contributed by atoms with Gasteiger partial charge in [-0.3, -0.25) is 4.90 Å². The molecular formula is C58H37N3O2. The van der Waals surface area contributed by atoms with Crippen LogP contribution in [0, 0.1) is 0 Å². The first-order chi connectivity index (χ1) is 31.3. The second kappa shape index (κ2) is 13.8. The molecule has 1 aliphatic carbocycles. The number of nitrogens with zero attached hydrogens (tertiary/aromatic N) is 3. The lowest BCUT2D eigenvalue weighted by molar-refractivity contribution is 0.360. The maximum absolute atomic E-state index is 6.78. The van der Waals surface area contributed by atoms with E-state index in [1.54, 1.807) is 0 Å². The Morgan fingerprint density at radius 1 is 0.460 bits per heavy atom. The molecule has 0 fully saturated rings. The molecule has 0 radical (unpaired) electrons. The number of para-hydroxylation sites is 5. The Hall–Kier alpha value is -8.41. The lowest BCUT2D eigenvalue weighted by Crippen LogP contribution is -2.28. The standard InChI is InChI=1S/C58H37N3O2/c1-3-17-39(18-4-1)58(45-23-10-8-21-43(45)55-46(58)35-36-53-57(55)63-52-29-14-13-28-51(52)62-53)40-31-33-42(34-32-40)61(54-37-30-38-16-7-11-24-47(38)59-54)50-27-15-26-49-56(50)44-22-9-12-25-48(44)60(49)41-19-5-2-6-20-41/h1-37H. The second-order valence-electron chi connectivity index (χ2n) is 16.2. The molecule has 296 valence electrons. The number of hydrogen-bond acceptors (Lipinski definition) is 4. The van der Waals surface area contributed by atoms with Crippen LogP contribution in [0.25, 0.3) is 49.5 Å². The third-order valence-electron chi connectivity index (χ3n) is 12.9. The highest BCUT2D eigenvalue weighted by atomic mass is 16.6. The minimum atomic E-state index is -0.657. The van der Waals surface area contributed by atoms with E-state index < -0.39 is 5.41 Å². The van der Waals surface area contributed by atoms with Crippen LogP contribution in [0.3, 0.4) is 0 Å². The predicted molar refractivity (Wildman–Crippen MR) is 255 cm³/mol. The summed E-state index contributed by atoms with van der Waals surface area (Å²) in [5, 5.41) is 3.43. The fourth-order valence-corrected chi connectivity index (χ4v) is 10.3. The average Bonchev–Trinajstić information content (AvgIpc) is 3.86. The van der Waals surface area contributed by atoms with Gasteiger partial charge < -0.3 is 14.0 Å². The molecule has 0 spiro atoms. The van der Waals surface area contributed by atoms with Crippen LogP contribution < -0.4 is 14.4 Å². The minimum Gasteiger partial charge on any atom is -0.449 e. The van der Waals surface area contributed by atoms with Crippen molar-refractivity contribution in [2.24, 2.45) is 0 Å². The number of hydrogen-bond donors (Lipinski definition) is 0. The van der Waals surface area contributed by atoms with Gasteiger partial charge in [0.25, 0.3) is 0 Å². The summed E-state index contributed by atoms with van der Waals surface area (Å²) in [6, 6.07) is 79.6. The van der Waals surface area contributed by atoms with Crippen molar-refractivity contribution in [3.63, 3.8) is 0 Å². The molecule has 2 aromatic heterocycles. The first-order valence-electron chi connectivity index (χ1n) is 21.4. The molecule has 11 aromatic rings. The quantitative estimate of drug-likeness (QED) is 0.168. The van der Waals surface area contributed by atoms with Crippen molar-refractivity contribution >= 4 is 49.9 Å². The average molecular weight is 808 g/mol. The Morgan fingerprint density at radius 3 is 2.00 bits per heavy atom. The Balaban J connectivity index is 1.04. The number of benzene rings is 9. The van der Waals surface area contributed by atoms with Crippen LogP contribution in [-0.2, 0) is 5.41 Å². The van der Waals surface area contributed by atoms with E-state index in [2.05, 4.69) is 210 Å². The number of fused-ring (bicyclic) bond motifs is 10. The normalized spacial score (nSPS) is 14.7. The van der Waals surface area contributed by atoms with Crippen LogP contribution >= 0.6 is 0 Å². The van der Waals surface area contributed by atoms with E-state index in [9.17, 15) is 0 Å². The van der Waals surface area contributed by atoms with E-state index in [-0.39, 0.29) is 0 Å². The minimum absolute atomic E-state index is 0.657. The summed E-state index contributed by atoms with van der Waals surface area (Å²) < 4.78 is 15.6. The molecule has 1 aliphatic heterocycles. The zero-order chi connectivity index (χ0) is 41.5.